The SMILES string of the molecule is CC(=O)Nc1ccc(/C=N/n2c(-c3ccc(O)c(C(N)=O)c3)csc2=Nc2ccccc2)cc1. The Balaban J connectivity index is 1.79. The van der Waals surface area contributed by atoms with Crippen LogP contribution < -0.4 is 15.9 Å². The Morgan fingerprint density at radius 2 is 1.79 bits per heavy atom. The third-order valence-electron chi connectivity index (χ3n) is 4.78. The average molecular weight is 472 g/mol. The van der Waals surface area contributed by atoms with Gasteiger partial charge in [0.15, 0.2) is 0 Å². The number of aromatic nitrogens is 1. The zero-order chi connectivity index (χ0) is 24.1. The van der Waals surface area contributed by atoms with Crippen molar-refractivity contribution in [2.75, 3.05) is 5.32 Å². The molecule has 0 saturated heterocycles. The van der Waals surface area contributed by atoms with Gasteiger partial charge in [0.05, 0.1) is 23.2 Å². The summed E-state index contributed by atoms with van der Waals surface area (Å²) in [5.74, 6) is -1.05. The molecule has 4 N–H and O–H groups in total. The molecule has 170 valence electrons. The summed E-state index contributed by atoms with van der Waals surface area (Å²) in [6, 6.07) is 21.4. The van der Waals surface area contributed by atoms with Gasteiger partial charge >= 0.3 is 0 Å². The van der Waals surface area contributed by atoms with Gasteiger partial charge in [0.25, 0.3) is 5.91 Å². The van der Waals surface area contributed by atoms with Gasteiger partial charge in [0.1, 0.15) is 5.75 Å². The highest BCUT2D eigenvalue weighted by Gasteiger charge is 2.13. The number of thiazole rings is 1. The number of primary amides is 1. The second kappa shape index (κ2) is 9.97. The minimum atomic E-state index is -0.724. The van der Waals surface area contributed by atoms with Crippen LogP contribution in [0.3, 0.4) is 0 Å². The maximum absolute atomic E-state index is 11.7. The number of amides is 2. The molecular weight excluding hydrogens is 450 g/mol. The number of benzene rings is 3. The first-order valence-electron chi connectivity index (χ1n) is 10.3. The van der Waals surface area contributed by atoms with Crippen molar-refractivity contribution in [2.24, 2.45) is 15.8 Å². The van der Waals surface area contributed by atoms with Crippen molar-refractivity contribution in [1.29, 1.82) is 0 Å². The van der Waals surface area contributed by atoms with Crippen LogP contribution >= 0.6 is 11.3 Å². The zero-order valence-electron chi connectivity index (χ0n) is 18.2. The van der Waals surface area contributed by atoms with Crippen molar-refractivity contribution in [3.8, 4) is 17.0 Å². The molecule has 0 aliphatic rings. The number of nitrogens with one attached hydrogen (secondary N) is 1. The molecule has 0 aliphatic heterocycles. The summed E-state index contributed by atoms with van der Waals surface area (Å²) in [5.41, 5.74) is 9.02. The number of para-hydroxylation sites is 1. The summed E-state index contributed by atoms with van der Waals surface area (Å²) in [7, 11) is 0. The number of rotatable bonds is 6. The topological polar surface area (TPSA) is 122 Å². The van der Waals surface area contributed by atoms with Gasteiger partial charge in [0.2, 0.25) is 10.7 Å². The molecule has 4 rings (SSSR count). The predicted octanol–water partition coefficient (Wildman–Crippen LogP) is 4.09. The smallest absolute Gasteiger partial charge is 0.252 e. The van der Waals surface area contributed by atoms with E-state index in [-0.39, 0.29) is 17.2 Å². The van der Waals surface area contributed by atoms with Gasteiger partial charge in [-0.3, -0.25) is 9.59 Å². The van der Waals surface area contributed by atoms with Gasteiger partial charge < -0.3 is 16.2 Å². The van der Waals surface area contributed by atoms with Crippen molar-refractivity contribution in [3.63, 3.8) is 0 Å². The zero-order valence-corrected chi connectivity index (χ0v) is 19.0. The van der Waals surface area contributed by atoms with E-state index in [2.05, 4.69) is 10.4 Å². The van der Waals surface area contributed by atoms with Crippen LogP contribution in [0, 0.1) is 0 Å². The van der Waals surface area contributed by atoms with Crippen molar-refractivity contribution in [1.82, 2.24) is 4.68 Å². The number of phenols is 1. The number of aromatic hydroxyl groups is 1. The molecule has 9 heteroatoms. The van der Waals surface area contributed by atoms with E-state index in [1.165, 1.54) is 30.4 Å². The highest BCUT2D eigenvalue weighted by molar-refractivity contribution is 7.07. The molecule has 34 heavy (non-hydrogen) atoms. The Kier molecular flexibility index (Phi) is 6.65. The number of hydrogen-bond acceptors (Lipinski definition) is 6. The van der Waals surface area contributed by atoms with Crippen LogP contribution in [-0.4, -0.2) is 27.8 Å². The molecule has 0 unspecified atom stereocenters. The largest absolute Gasteiger partial charge is 0.507 e. The van der Waals surface area contributed by atoms with E-state index in [1.807, 2.05) is 47.8 Å². The lowest BCUT2D eigenvalue weighted by Gasteiger charge is -2.07. The minimum absolute atomic E-state index is 0.0225. The summed E-state index contributed by atoms with van der Waals surface area (Å²) in [6.45, 7) is 1.45. The van der Waals surface area contributed by atoms with Crippen molar-refractivity contribution in [3.05, 3.63) is 94.1 Å². The van der Waals surface area contributed by atoms with Crippen LogP contribution in [0.5, 0.6) is 5.75 Å². The van der Waals surface area contributed by atoms with E-state index in [4.69, 9.17) is 10.7 Å². The lowest BCUT2D eigenvalue weighted by Crippen LogP contribution is -2.13. The molecule has 3 aromatic carbocycles. The van der Waals surface area contributed by atoms with Crippen LogP contribution in [0.15, 0.2) is 88.3 Å². The van der Waals surface area contributed by atoms with Gasteiger partial charge in [-0.25, -0.2) is 9.67 Å². The Morgan fingerprint density at radius 3 is 2.47 bits per heavy atom. The summed E-state index contributed by atoms with van der Waals surface area (Å²) in [6.07, 6.45) is 1.67. The summed E-state index contributed by atoms with van der Waals surface area (Å²) >= 11 is 1.39. The van der Waals surface area contributed by atoms with Crippen molar-refractivity contribution >= 4 is 40.7 Å². The number of nitrogens with zero attached hydrogens (tertiary/aromatic N) is 3. The third-order valence-corrected chi connectivity index (χ3v) is 5.59. The Bertz CT molecular complexity index is 1440. The first kappa shape index (κ1) is 22.7. The second-order valence-corrected chi connectivity index (χ2v) is 8.14. The fraction of sp³-hybridized carbons (Fsp3) is 0.0400. The van der Waals surface area contributed by atoms with E-state index in [0.717, 1.165) is 11.3 Å². The number of nitrogens with two attached hydrogens (primary N) is 1. The van der Waals surface area contributed by atoms with Crippen LogP contribution in [0.1, 0.15) is 22.8 Å². The molecule has 0 aliphatic carbocycles. The third kappa shape index (κ3) is 5.28. The molecule has 1 heterocycles. The first-order valence-corrected chi connectivity index (χ1v) is 11.1. The van der Waals surface area contributed by atoms with E-state index in [9.17, 15) is 14.7 Å². The van der Waals surface area contributed by atoms with E-state index in [1.54, 1.807) is 29.1 Å². The molecular formula is C25H21N5O3S. The van der Waals surface area contributed by atoms with Gasteiger partial charge in [-0.2, -0.15) is 5.10 Å². The monoisotopic (exact) mass is 471 g/mol. The summed E-state index contributed by atoms with van der Waals surface area (Å²) in [4.78, 5) is 28.3. The average Bonchev–Trinajstić information content (AvgIpc) is 3.21. The molecule has 1 aromatic heterocycles. The fourth-order valence-electron chi connectivity index (χ4n) is 3.17. The molecule has 0 radical (unpaired) electrons. The fourth-order valence-corrected chi connectivity index (χ4v) is 4.03. The lowest BCUT2D eigenvalue weighted by atomic mass is 10.1. The molecule has 0 spiro atoms. The quantitative estimate of drug-likeness (QED) is 0.367. The molecule has 4 aromatic rings. The highest BCUT2D eigenvalue weighted by Crippen LogP contribution is 2.26. The molecule has 8 nitrogen and oxygen atoms in total. The van der Waals surface area contributed by atoms with Crippen LogP contribution in [-0.2, 0) is 4.79 Å². The van der Waals surface area contributed by atoms with E-state index < -0.39 is 5.91 Å². The van der Waals surface area contributed by atoms with E-state index in [0.29, 0.717) is 21.7 Å². The predicted molar refractivity (Wildman–Crippen MR) is 133 cm³/mol. The van der Waals surface area contributed by atoms with Gasteiger partial charge in [-0.15, -0.1) is 11.3 Å². The number of hydrogen-bond donors (Lipinski definition) is 3. The highest BCUT2D eigenvalue weighted by atomic mass is 32.1. The van der Waals surface area contributed by atoms with Gasteiger partial charge in [-0.05, 0) is 48.0 Å². The van der Waals surface area contributed by atoms with E-state index >= 15 is 0 Å². The molecule has 0 fully saturated rings. The lowest BCUT2D eigenvalue weighted by molar-refractivity contribution is -0.114. The minimum Gasteiger partial charge on any atom is -0.507 e. The number of anilines is 1. The Labute approximate surface area is 199 Å². The normalized spacial score (nSPS) is 11.6. The van der Waals surface area contributed by atoms with Crippen molar-refractivity contribution < 1.29 is 14.7 Å². The van der Waals surface area contributed by atoms with Crippen molar-refractivity contribution in [2.45, 2.75) is 6.92 Å². The maximum atomic E-state index is 11.7. The molecule has 0 atom stereocenters. The Morgan fingerprint density at radius 1 is 1.06 bits per heavy atom. The summed E-state index contributed by atoms with van der Waals surface area (Å²) < 4.78 is 1.66. The molecule has 0 saturated carbocycles. The standard InChI is InChI=1S/C25H21N5O3S/c1-16(31)28-20-10-7-17(8-11-20)14-27-30-22(18-9-12-23(32)21(13-18)24(26)33)15-34-25(30)29-19-5-3-2-4-6-19/h2-15,32H,1H3,(H2,26,33)(H,28,31)/b27-14+,29-25?. The van der Waals surface area contributed by atoms with Gasteiger partial charge in [-0.1, -0.05) is 30.3 Å². The molecule has 2 amide bonds. The van der Waals surface area contributed by atoms with Crippen LogP contribution in [0.25, 0.3) is 11.3 Å². The van der Waals surface area contributed by atoms with Crippen LogP contribution in [0.4, 0.5) is 11.4 Å². The van der Waals surface area contributed by atoms with Crippen LogP contribution in [0.2, 0.25) is 0 Å². The maximum Gasteiger partial charge on any atom is 0.252 e. The second-order valence-electron chi connectivity index (χ2n) is 7.31. The molecule has 0 bridgehead atoms. The van der Waals surface area contributed by atoms with Gasteiger partial charge in [0, 0.05) is 23.6 Å². The summed E-state index contributed by atoms with van der Waals surface area (Å²) in [5, 5.41) is 19.2. The Hall–Kier alpha value is -4.50. The number of carbonyl (C=O) groups excluding carboxylic acids is 2. The number of carbonyl (C=O) groups is 2. The first-order chi connectivity index (χ1) is 16.4.